The van der Waals surface area contributed by atoms with Gasteiger partial charge in [-0.3, -0.25) is 4.99 Å². The molecule has 0 bridgehead atoms. The second-order valence-corrected chi connectivity index (χ2v) is 6.30. The first-order chi connectivity index (χ1) is 10.7. The second kappa shape index (κ2) is 10.6. The Morgan fingerprint density at radius 3 is 2.70 bits per heavy atom. The molecule has 126 valence electrons. The lowest BCUT2D eigenvalue weighted by atomic mass is 10.1. The normalized spacial score (nSPS) is 11.0. The summed E-state index contributed by atoms with van der Waals surface area (Å²) < 4.78 is 0. The van der Waals surface area contributed by atoms with Gasteiger partial charge in [0.05, 0.1) is 5.01 Å². The van der Waals surface area contributed by atoms with Gasteiger partial charge in [0, 0.05) is 37.6 Å². The van der Waals surface area contributed by atoms with Crippen molar-refractivity contribution in [3.8, 4) is 0 Å². The lowest BCUT2D eigenvalue weighted by Gasteiger charge is -2.12. The molecular weight excluding hydrogens is 419 g/mol. The smallest absolute Gasteiger partial charge is 0.191 e. The highest BCUT2D eigenvalue weighted by Gasteiger charge is 2.03. The number of thiazole rings is 1. The number of aliphatic imine (C=N–C) groups is 1. The number of guanidine groups is 1. The molecule has 0 amide bonds. The highest BCUT2D eigenvalue weighted by molar-refractivity contribution is 14.0. The van der Waals surface area contributed by atoms with E-state index in [4.69, 9.17) is 0 Å². The minimum Gasteiger partial charge on any atom is -0.356 e. The van der Waals surface area contributed by atoms with Crippen LogP contribution in [0, 0.1) is 6.92 Å². The van der Waals surface area contributed by atoms with Crippen molar-refractivity contribution < 1.29 is 0 Å². The third-order valence-electron chi connectivity index (χ3n) is 3.51. The summed E-state index contributed by atoms with van der Waals surface area (Å²) in [5.74, 6) is 0.829. The van der Waals surface area contributed by atoms with Crippen LogP contribution in [0.15, 0.2) is 35.5 Å². The maximum absolute atomic E-state index is 4.43. The number of benzene rings is 1. The maximum atomic E-state index is 4.43. The van der Waals surface area contributed by atoms with Gasteiger partial charge in [0.15, 0.2) is 5.96 Å². The summed E-state index contributed by atoms with van der Waals surface area (Å²) >= 11 is 1.79. The van der Waals surface area contributed by atoms with Gasteiger partial charge in [0.1, 0.15) is 0 Å². The summed E-state index contributed by atoms with van der Waals surface area (Å²) in [7, 11) is 1.80. The van der Waals surface area contributed by atoms with E-state index >= 15 is 0 Å². The standard InChI is InChI=1S/C17H24N4S.HI/c1-4-15-12-20-16(22-15)9-10-19-17(18-3)21-11-14-8-6-5-7-13(14)2;/h5-8,12H,4,9-11H2,1-3H3,(H2,18,19,21);1H. The molecule has 0 saturated carbocycles. The SMILES string of the molecule is CCc1cnc(CCNC(=NC)NCc2ccccc2C)s1.I. The molecule has 0 saturated heterocycles. The number of aryl methyl sites for hydroxylation is 2. The van der Waals surface area contributed by atoms with E-state index in [1.54, 1.807) is 18.4 Å². The molecule has 1 heterocycles. The third-order valence-corrected chi connectivity index (χ3v) is 4.71. The Labute approximate surface area is 159 Å². The number of aromatic nitrogens is 1. The zero-order valence-corrected chi connectivity index (χ0v) is 17.1. The van der Waals surface area contributed by atoms with Crippen LogP contribution in [0.5, 0.6) is 0 Å². The van der Waals surface area contributed by atoms with Gasteiger partial charge in [-0.1, -0.05) is 31.2 Å². The van der Waals surface area contributed by atoms with E-state index in [9.17, 15) is 0 Å². The molecule has 2 rings (SSSR count). The Balaban J connectivity index is 0.00000264. The molecule has 2 N–H and O–H groups in total. The van der Waals surface area contributed by atoms with Crippen molar-refractivity contribution >= 4 is 41.3 Å². The maximum Gasteiger partial charge on any atom is 0.191 e. The van der Waals surface area contributed by atoms with Crippen LogP contribution in [0.1, 0.15) is 27.9 Å². The fourth-order valence-electron chi connectivity index (χ4n) is 2.12. The molecule has 1 aromatic carbocycles. The molecule has 1 aromatic heterocycles. The van der Waals surface area contributed by atoms with Crippen molar-refractivity contribution in [2.75, 3.05) is 13.6 Å². The highest BCUT2D eigenvalue weighted by Crippen LogP contribution is 2.13. The van der Waals surface area contributed by atoms with Gasteiger partial charge in [-0.05, 0) is 24.5 Å². The first-order valence-corrected chi connectivity index (χ1v) is 8.47. The lowest BCUT2D eigenvalue weighted by molar-refractivity contribution is 0.790. The van der Waals surface area contributed by atoms with Gasteiger partial charge in [-0.25, -0.2) is 4.98 Å². The van der Waals surface area contributed by atoms with Crippen LogP contribution in [-0.2, 0) is 19.4 Å². The fraction of sp³-hybridized carbons (Fsp3) is 0.412. The van der Waals surface area contributed by atoms with Crippen molar-refractivity contribution in [3.63, 3.8) is 0 Å². The van der Waals surface area contributed by atoms with Gasteiger partial charge in [0.2, 0.25) is 0 Å². The van der Waals surface area contributed by atoms with Crippen molar-refractivity contribution in [3.05, 3.63) is 51.5 Å². The predicted octanol–water partition coefficient (Wildman–Crippen LogP) is 3.54. The number of hydrogen-bond donors (Lipinski definition) is 2. The van der Waals surface area contributed by atoms with Gasteiger partial charge in [-0.15, -0.1) is 35.3 Å². The molecule has 0 aliphatic heterocycles. The Morgan fingerprint density at radius 1 is 1.26 bits per heavy atom. The van der Waals surface area contributed by atoms with Crippen LogP contribution in [-0.4, -0.2) is 24.5 Å². The van der Waals surface area contributed by atoms with Crippen LogP contribution >= 0.6 is 35.3 Å². The van der Waals surface area contributed by atoms with E-state index in [2.05, 4.69) is 58.7 Å². The number of halogens is 1. The molecule has 4 nitrogen and oxygen atoms in total. The van der Waals surface area contributed by atoms with Gasteiger partial charge >= 0.3 is 0 Å². The highest BCUT2D eigenvalue weighted by atomic mass is 127. The largest absolute Gasteiger partial charge is 0.356 e. The van der Waals surface area contributed by atoms with Crippen LogP contribution < -0.4 is 10.6 Å². The Kier molecular flexibility index (Phi) is 9.16. The lowest BCUT2D eigenvalue weighted by Crippen LogP contribution is -2.37. The molecule has 0 unspecified atom stereocenters. The van der Waals surface area contributed by atoms with E-state index in [-0.39, 0.29) is 24.0 Å². The van der Waals surface area contributed by atoms with E-state index in [1.807, 2.05) is 6.20 Å². The number of nitrogens with one attached hydrogen (secondary N) is 2. The summed E-state index contributed by atoms with van der Waals surface area (Å²) in [5.41, 5.74) is 2.58. The Hall–Kier alpha value is -1.15. The van der Waals surface area contributed by atoms with E-state index in [0.29, 0.717) is 0 Å². The van der Waals surface area contributed by atoms with Gasteiger partial charge in [0.25, 0.3) is 0 Å². The molecular formula is C17H25IN4S. The van der Waals surface area contributed by atoms with Crippen molar-refractivity contribution in [2.45, 2.75) is 33.2 Å². The molecule has 23 heavy (non-hydrogen) atoms. The van der Waals surface area contributed by atoms with Crippen molar-refractivity contribution in [1.29, 1.82) is 0 Å². The van der Waals surface area contributed by atoms with Crippen LogP contribution in [0.3, 0.4) is 0 Å². The quantitative estimate of drug-likeness (QED) is 0.407. The van der Waals surface area contributed by atoms with E-state index in [1.165, 1.54) is 21.0 Å². The number of nitrogens with zero attached hydrogens (tertiary/aromatic N) is 2. The summed E-state index contributed by atoms with van der Waals surface area (Å²) in [6.45, 7) is 5.90. The van der Waals surface area contributed by atoms with Gasteiger partial charge < -0.3 is 10.6 Å². The molecule has 2 aromatic rings. The summed E-state index contributed by atoms with van der Waals surface area (Å²) in [4.78, 5) is 10.0. The predicted molar refractivity (Wildman–Crippen MR) is 110 cm³/mol. The number of rotatable bonds is 6. The van der Waals surface area contributed by atoms with Crippen LogP contribution in [0.4, 0.5) is 0 Å². The molecule has 6 heteroatoms. The average Bonchev–Trinajstić information content (AvgIpc) is 3.00. The van der Waals surface area contributed by atoms with Gasteiger partial charge in [-0.2, -0.15) is 0 Å². The minimum absolute atomic E-state index is 0. The zero-order chi connectivity index (χ0) is 15.8. The van der Waals surface area contributed by atoms with Crippen molar-refractivity contribution in [2.24, 2.45) is 4.99 Å². The molecule has 0 spiro atoms. The first kappa shape index (κ1) is 19.9. The summed E-state index contributed by atoms with van der Waals surface area (Å²) in [6.07, 6.45) is 3.96. The molecule has 0 aliphatic carbocycles. The topological polar surface area (TPSA) is 49.3 Å². The summed E-state index contributed by atoms with van der Waals surface area (Å²) in [5, 5.41) is 7.87. The first-order valence-electron chi connectivity index (χ1n) is 7.65. The van der Waals surface area contributed by atoms with E-state index in [0.717, 1.165) is 31.9 Å². The van der Waals surface area contributed by atoms with Crippen LogP contribution in [0.25, 0.3) is 0 Å². The molecule has 0 fully saturated rings. The fourth-order valence-corrected chi connectivity index (χ4v) is 2.98. The zero-order valence-electron chi connectivity index (χ0n) is 13.9. The van der Waals surface area contributed by atoms with Crippen molar-refractivity contribution in [1.82, 2.24) is 15.6 Å². The minimum atomic E-state index is 0. The summed E-state index contributed by atoms with van der Waals surface area (Å²) in [6, 6.07) is 8.39. The monoisotopic (exact) mass is 444 g/mol. The number of hydrogen-bond acceptors (Lipinski definition) is 3. The average molecular weight is 444 g/mol. The Bertz CT molecular complexity index is 625. The molecule has 0 atom stereocenters. The third kappa shape index (κ3) is 6.47. The molecule has 0 radical (unpaired) electrons. The Morgan fingerprint density at radius 2 is 2.04 bits per heavy atom. The van der Waals surface area contributed by atoms with Crippen LogP contribution in [0.2, 0.25) is 0 Å². The second-order valence-electron chi connectivity index (χ2n) is 5.10. The molecule has 0 aliphatic rings. The van der Waals surface area contributed by atoms with E-state index < -0.39 is 0 Å².